The largest absolute Gasteiger partial charge is 0.491 e. The lowest BCUT2D eigenvalue weighted by Gasteiger charge is -2.11. The van der Waals surface area contributed by atoms with E-state index in [4.69, 9.17) is 4.74 Å². The van der Waals surface area contributed by atoms with Gasteiger partial charge < -0.3 is 4.74 Å². The van der Waals surface area contributed by atoms with Gasteiger partial charge in [0.1, 0.15) is 5.75 Å². The molecule has 3 rings (SSSR count). The van der Waals surface area contributed by atoms with Crippen molar-refractivity contribution in [2.75, 3.05) is 11.3 Å². The number of fused-ring (bicyclic) bond motifs is 1. The molecule has 20 heavy (non-hydrogen) atoms. The molecule has 0 bridgehead atoms. The molecule has 0 atom stereocenters. The maximum atomic E-state index is 12.3. The van der Waals surface area contributed by atoms with Gasteiger partial charge >= 0.3 is 0 Å². The molecule has 0 aromatic heterocycles. The summed E-state index contributed by atoms with van der Waals surface area (Å²) in [6.07, 6.45) is 0.815. The van der Waals surface area contributed by atoms with E-state index in [0.717, 1.165) is 17.5 Å². The Labute approximate surface area is 118 Å². The molecule has 0 saturated carbocycles. The van der Waals surface area contributed by atoms with Crippen molar-refractivity contribution in [3.8, 4) is 5.75 Å². The molecule has 0 spiro atoms. The van der Waals surface area contributed by atoms with Crippen molar-refractivity contribution in [1.82, 2.24) is 0 Å². The standard InChI is InChI=1S/C15H15NO3S/c1-11-5-7-13(8-6-11)20(17,18)16-14-4-2-3-12-9-10-19-15(12)14/h2-8,16H,9-10H2,1H3. The van der Waals surface area contributed by atoms with E-state index in [-0.39, 0.29) is 4.90 Å². The Morgan fingerprint density at radius 2 is 1.85 bits per heavy atom. The summed E-state index contributed by atoms with van der Waals surface area (Å²) in [7, 11) is -3.58. The molecular formula is C15H15NO3S. The maximum absolute atomic E-state index is 12.3. The lowest BCUT2D eigenvalue weighted by atomic mass is 10.1. The molecule has 0 radical (unpaired) electrons. The highest BCUT2D eigenvalue weighted by molar-refractivity contribution is 7.92. The van der Waals surface area contributed by atoms with Crippen LogP contribution in [0.2, 0.25) is 0 Å². The van der Waals surface area contributed by atoms with Crippen molar-refractivity contribution in [2.45, 2.75) is 18.2 Å². The average Bonchev–Trinajstić information content (AvgIpc) is 2.88. The minimum atomic E-state index is -3.58. The van der Waals surface area contributed by atoms with Crippen LogP contribution in [0.25, 0.3) is 0 Å². The van der Waals surface area contributed by atoms with E-state index in [1.807, 2.05) is 19.1 Å². The molecule has 5 heteroatoms. The highest BCUT2D eigenvalue weighted by Gasteiger charge is 2.20. The first-order valence-electron chi connectivity index (χ1n) is 6.40. The van der Waals surface area contributed by atoms with Crippen LogP contribution >= 0.6 is 0 Å². The van der Waals surface area contributed by atoms with Crippen LogP contribution in [0, 0.1) is 6.92 Å². The zero-order valence-electron chi connectivity index (χ0n) is 11.1. The molecule has 0 aliphatic carbocycles. The second kappa shape index (κ2) is 4.83. The number of ether oxygens (including phenoxy) is 1. The second-order valence-corrected chi connectivity index (χ2v) is 6.49. The number of sulfonamides is 1. The number of hydrogen-bond acceptors (Lipinski definition) is 3. The van der Waals surface area contributed by atoms with E-state index in [1.54, 1.807) is 30.3 Å². The number of anilines is 1. The van der Waals surface area contributed by atoms with E-state index < -0.39 is 10.0 Å². The Hall–Kier alpha value is -2.01. The van der Waals surface area contributed by atoms with Gasteiger partial charge in [0.25, 0.3) is 10.0 Å². The molecule has 2 aromatic rings. The Morgan fingerprint density at radius 1 is 1.10 bits per heavy atom. The van der Waals surface area contributed by atoms with Gasteiger partial charge in [-0.1, -0.05) is 29.8 Å². The Morgan fingerprint density at radius 3 is 2.60 bits per heavy atom. The summed E-state index contributed by atoms with van der Waals surface area (Å²) < 4.78 is 32.8. The van der Waals surface area contributed by atoms with Crippen LogP contribution in [-0.4, -0.2) is 15.0 Å². The molecule has 0 unspecified atom stereocenters. The highest BCUT2D eigenvalue weighted by Crippen LogP contribution is 2.34. The normalized spacial score (nSPS) is 13.7. The third-order valence-corrected chi connectivity index (χ3v) is 4.67. The lowest BCUT2D eigenvalue weighted by molar-refractivity contribution is 0.358. The van der Waals surface area contributed by atoms with Gasteiger partial charge in [-0.3, -0.25) is 4.72 Å². The molecule has 0 saturated heterocycles. The first-order chi connectivity index (χ1) is 9.56. The lowest BCUT2D eigenvalue weighted by Crippen LogP contribution is -2.13. The van der Waals surface area contributed by atoms with Crippen molar-refractivity contribution in [1.29, 1.82) is 0 Å². The van der Waals surface area contributed by atoms with Crippen LogP contribution in [-0.2, 0) is 16.4 Å². The number of benzene rings is 2. The fraction of sp³-hybridized carbons (Fsp3) is 0.200. The quantitative estimate of drug-likeness (QED) is 0.945. The zero-order valence-corrected chi connectivity index (χ0v) is 11.9. The summed E-state index contributed by atoms with van der Waals surface area (Å²) in [6, 6.07) is 12.3. The van der Waals surface area contributed by atoms with E-state index >= 15 is 0 Å². The summed E-state index contributed by atoms with van der Waals surface area (Å²) in [6.45, 7) is 2.51. The zero-order chi connectivity index (χ0) is 14.2. The van der Waals surface area contributed by atoms with Crippen LogP contribution in [0.15, 0.2) is 47.4 Å². The van der Waals surface area contributed by atoms with E-state index in [9.17, 15) is 8.42 Å². The molecule has 0 amide bonds. The number of rotatable bonds is 3. The molecule has 2 aromatic carbocycles. The fourth-order valence-electron chi connectivity index (χ4n) is 2.22. The first kappa shape index (κ1) is 13.0. The van der Waals surface area contributed by atoms with Gasteiger partial charge in [-0.25, -0.2) is 8.42 Å². The van der Waals surface area contributed by atoms with Crippen LogP contribution in [0.1, 0.15) is 11.1 Å². The third kappa shape index (κ3) is 2.36. The maximum Gasteiger partial charge on any atom is 0.262 e. The van der Waals surface area contributed by atoms with Gasteiger partial charge in [-0.15, -0.1) is 0 Å². The minimum Gasteiger partial charge on any atom is -0.491 e. The fourth-order valence-corrected chi connectivity index (χ4v) is 3.28. The molecule has 4 nitrogen and oxygen atoms in total. The first-order valence-corrected chi connectivity index (χ1v) is 7.89. The minimum absolute atomic E-state index is 0.249. The van der Waals surface area contributed by atoms with Gasteiger partial charge in [-0.05, 0) is 30.7 Å². The van der Waals surface area contributed by atoms with Crippen LogP contribution in [0.3, 0.4) is 0 Å². The van der Waals surface area contributed by atoms with Crippen LogP contribution in [0.4, 0.5) is 5.69 Å². The summed E-state index contributed by atoms with van der Waals surface area (Å²) >= 11 is 0. The Kier molecular flexibility index (Phi) is 3.14. The van der Waals surface area contributed by atoms with Crippen LogP contribution < -0.4 is 9.46 Å². The van der Waals surface area contributed by atoms with E-state index in [2.05, 4.69) is 4.72 Å². The predicted octanol–water partition coefficient (Wildman–Crippen LogP) is 2.73. The molecule has 1 aliphatic rings. The molecule has 1 N–H and O–H groups in total. The van der Waals surface area contributed by atoms with Gasteiger partial charge in [0.15, 0.2) is 0 Å². The average molecular weight is 289 g/mol. The third-order valence-electron chi connectivity index (χ3n) is 3.29. The topological polar surface area (TPSA) is 55.4 Å². The van der Waals surface area contributed by atoms with Gasteiger partial charge in [0.2, 0.25) is 0 Å². The van der Waals surface area contributed by atoms with E-state index in [0.29, 0.717) is 18.0 Å². The van der Waals surface area contributed by atoms with Gasteiger partial charge in [-0.2, -0.15) is 0 Å². The predicted molar refractivity (Wildman–Crippen MR) is 77.6 cm³/mol. The molecule has 0 fully saturated rings. The summed E-state index contributed by atoms with van der Waals surface area (Å²) in [4.78, 5) is 0.249. The number of aryl methyl sites for hydroxylation is 1. The summed E-state index contributed by atoms with van der Waals surface area (Å²) in [5.41, 5.74) is 2.56. The Balaban J connectivity index is 1.95. The van der Waals surface area contributed by atoms with Crippen molar-refractivity contribution in [3.05, 3.63) is 53.6 Å². The smallest absolute Gasteiger partial charge is 0.262 e. The molecule has 1 heterocycles. The molecular weight excluding hydrogens is 274 g/mol. The monoisotopic (exact) mass is 289 g/mol. The van der Waals surface area contributed by atoms with Crippen molar-refractivity contribution in [3.63, 3.8) is 0 Å². The SMILES string of the molecule is Cc1ccc(S(=O)(=O)Nc2cccc3c2OCC3)cc1. The molecule has 104 valence electrons. The second-order valence-electron chi connectivity index (χ2n) is 4.81. The Bertz CT molecular complexity index is 736. The van der Waals surface area contributed by atoms with Crippen molar-refractivity contribution >= 4 is 15.7 Å². The number of nitrogens with one attached hydrogen (secondary N) is 1. The number of para-hydroxylation sites is 1. The van der Waals surface area contributed by atoms with Crippen LogP contribution in [0.5, 0.6) is 5.75 Å². The summed E-state index contributed by atoms with van der Waals surface area (Å²) in [5.74, 6) is 0.642. The highest BCUT2D eigenvalue weighted by atomic mass is 32.2. The number of hydrogen-bond donors (Lipinski definition) is 1. The van der Waals surface area contributed by atoms with E-state index in [1.165, 1.54) is 0 Å². The van der Waals surface area contributed by atoms with Gasteiger partial charge in [0.05, 0.1) is 17.2 Å². The van der Waals surface area contributed by atoms with Crippen molar-refractivity contribution < 1.29 is 13.2 Å². The molecule has 1 aliphatic heterocycles. The van der Waals surface area contributed by atoms with Gasteiger partial charge in [0, 0.05) is 6.42 Å². The van der Waals surface area contributed by atoms with Crippen molar-refractivity contribution in [2.24, 2.45) is 0 Å². The summed E-state index contributed by atoms with van der Waals surface area (Å²) in [5, 5.41) is 0.